The third kappa shape index (κ3) is 3.02. The number of benzene rings is 2. The van der Waals surface area contributed by atoms with Crippen LogP contribution in [0.15, 0.2) is 51.8 Å². The van der Waals surface area contributed by atoms with Gasteiger partial charge in [-0.25, -0.2) is 17.5 Å². The molecule has 1 aliphatic carbocycles. The average Bonchev–Trinajstić information content (AvgIpc) is 2.82. The molecule has 0 saturated heterocycles. The molecule has 0 heterocycles. The van der Waals surface area contributed by atoms with Gasteiger partial charge in [0, 0.05) is 6.04 Å². The lowest BCUT2D eigenvalue weighted by molar-refractivity contribution is 0.553. The monoisotopic (exact) mass is 369 g/mol. The number of sulfonamides is 1. The van der Waals surface area contributed by atoms with Gasteiger partial charge in [-0.2, -0.15) is 0 Å². The van der Waals surface area contributed by atoms with Crippen LogP contribution in [0.4, 0.5) is 4.39 Å². The van der Waals surface area contributed by atoms with Crippen LogP contribution in [0, 0.1) is 5.82 Å². The number of hydrogen-bond donors (Lipinski definition) is 1. The van der Waals surface area contributed by atoms with Crippen molar-refractivity contribution >= 4 is 26.0 Å². The second kappa shape index (κ2) is 5.51. The molecule has 3 nitrogen and oxygen atoms in total. The molecule has 21 heavy (non-hydrogen) atoms. The summed E-state index contributed by atoms with van der Waals surface area (Å²) in [6.45, 7) is 0. The molecule has 1 aliphatic rings. The highest BCUT2D eigenvalue weighted by Crippen LogP contribution is 2.24. The molecule has 0 unspecified atom stereocenters. The fourth-order valence-electron chi connectivity index (χ4n) is 2.57. The van der Waals surface area contributed by atoms with Crippen molar-refractivity contribution in [1.82, 2.24) is 4.72 Å². The van der Waals surface area contributed by atoms with E-state index in [1.807, 2.05) is 24.3 Å². The lowest BCUT2D eigenvalue weighted by Gasteiger charge is -2.13. The van der Waals surface area contributed by atoms with Crippen LogP contribution < -0.4 is 4.72 Å². The number of rotatable bonds is 3. The first-order valence-electron chi connectivity index (χ1n) is 6.50. The molecule has 0 aliphatic heterocycles. The number of halogens is 2. The van der Waals surface area contributed by atoms with Crippen molar-refractivity contribution in [3.05, 3.63) is 63.9 Å². The Morgan fingerprint density at radius 2 is 1.71 bits per heavy atom. The zero-order chi connectivity index (χ0) is 15.0. The highest BCUT2D eigenvalue weighted by atomic mass is 79.9. The van der Waals surface area contributed by atoms with Crippen molar-refractivity contribution in [3.8, 4) is 0 Å². The molecular weight excluding hydrogens is 357 g/mol. The second-order valence-electron chi connectivity index (χ2n) is 5.07. The molecule has 0 saturated carbocycles. The van der Waals surface area contributed by atoms with Crippen LogP contribution in [0.1, 0.15) is 11.1 Å². The lowest BCUT2D eigenvalue weighted by atomic mass is 10.1. The minimum atomic E-state index is -3.71. The third-order valence-electron chi connectivity index (χ3n) is 3.57. The van der Waals surface area contributed by atoms with E-state index >= 15 is 0 Å². The normalized spacial score (nSPS) is 15.1. The van der Waals surface area contributed by atoms with E-state index in [0.29, 0.717) is 12.8 Å². The summed E-state index contributed by atoms with van der Waals surface area (Å²) in [4.78, 5) is -0.0563. The largest absolute Gasteiger partial charge is 0.240 e. The van der Waals surface area contributed by atoms with E-state index in [1.165, 1.54) is 12.1 Å². The molecular formula is C15H13BrFNO2S. The van der Waals surface area contributed by atoms with Gasteiger partial charge in [-0.05, 0) is 58.1 Å². The van der Waals surface area contributed by atoms with Gasteiger partial charge in [0.15, 0.2) is 0 Å². The smallest absolute Gasteiger partial charge is 0.207 e. The van der Waals surface area contributed by atoms with Crippen LogP contribution in [0.25, 0.3) is 0 Å². The van der Waals surface area contributed by atoms with Gasteiger partial charge in [-0.15, -0.1) is 0 Å². The summed E-state index contributed by atoms with van der Waals surface area (Å²) in [6.07, 6.45) is 1.32. The summed E-state index contributed by atoms with van der Waals surface area (Å²) < 4.78 is 41.0. The minimum Gasteiger partial charge on any atom is -0.207 e. The van der Waals surface area contributed by atoms with Gasteiger partial charge in [-0.3, -0.25) is 0 Å². The van der Waals surface area contributed by atoms with Crippen molar-refractivity contribution in [2.75, 3.05) is 0 Å². The fraction of sp³-hybridized carbons (Fsp3) is 0.200. The van der Waals surface area contributed by atoms with Crippen molar-refractivity contribution in [2.45, 2.75) is 23.8 Å². The number of fused-ring (bicyclic) bond motifs is 1. The van der Waals surface area contributed by atoms with Gasteiger partial charge >= 0.3 is 0 Å². The van der Waals surface area contributed by atoms with Crippen molar-refractivity contribution in [3.63, 3.8) is 0 Å². The molecule has 0 aromatic heterocycles. The third-order valence-corrected chi connectivity index (χ3v) is 5.74. The molecule has 0 spiro atoms. The maximum Gasteiger partial charge on any atom is 0.240 e. The quantitative estimate of drug-likeness (QED) is 0.903. The van der Waals surface area contributed by atoms with Crippen LogP contribution in [-0.4, -0.2) is 14.5 Å². The predicted molar refractivity (Wildman–Crippen MR) is 82.1 cm³/mol. The maximum atomic E-state index is 13.5. The van der Waals surface area contributed by atoms with Crippen molar-refractivity contribution in [1.29, 1.82) is 0 Å². The fourth-order valence-corrected chi connectivity index (χ4v) is 4.07. The Morgan fingerprint density at radius 3 is 2.29 bits per heavy atom. The number of nitrogens with one attached hydrogen (secondary N) is 1. The van der Waals surface area contributed by atoms with Gasteiger partial charge in [0.05, 0.1) is 9.37 Å². The van der Waals surface area contributed by atoms with Crippen LogP contribution in [0.3, 0.4) is 0 Å². The molecule has 0 fully saturated rings. The van der Waals surface area contributed by atoms with E-state index < -0.39 is 15.8 Å². The van der Waals surface area contributed by atoms with Crippen LogP contribution in [0.2, 0.25) is 0 Å². The summed E-state index contributed by atoms with van der Waals surface area (Å²) in [5.41, 5.74) is 2.32. The molecule has 1 N–H and O–H groups in total. The molecule has 3 rings (SSSR count). The standard InChI is InChI=1S/C15H13BrFNO2S/c16-14-6-5-13(9-15(14)17)21(19,20)18-12-7-10-3-1-2-4-11(10)8-12/h1-6,9,12,18H,7-8H2. The molecule has 0 amide bonds. The average molecular weight is 370 g/mol. The Balaban J connectivity index is 1.80. The first kappa shape index (κ1) is 14.7. The second-order valence-corrected chi connectivity index (χ2v) is 7.64. The highest BCUT2D eigenvalue weighted by molar-refractivity contribution is 9.10. The Morgan fingerprint density at radius 1 is 1.10 bits per heavy atom. The van der Waals surface area contributed by atoms with E-state index in [-0.39, 0.29) is 15.4 Å². The zero-order valence-corrected chi connectivity index (χ0v) is 13.4. The van der Waals surface area contributed by atoms with E-state index in [4.69, 9.17) is 0 Å². The maximum absolute atomic E-state index is 13.5. The van der Waals surface area contributed by atoms with Gasteiger partial charge < -0.3 is 0 Å². The van der Waals surface area contributed by atoms with Crippen LogP contribution >= 0.6 is 15.9 Å². The molecule has 110 valence electrons. The molecule has 6 heteroatoms. The molecule has 0 radical (unpaired) electrons. The van der Waals surface area contributed by atoms with Crippen molar-refractivity contribution < 1.29 is 12.8 Å². The van der Waals surface area contributed by atoms with Gasteiger partial charge in [0.2, 0.25) is 10.0 Å². The zero-order valence-electron chi connectivity index (χ0n) is 11.0. The summed E-state index contributed by atoms with van der Waals surface area (Å²) in [7, 11) is -3.71. The summed E-state index contributed by atoms with van der Waals surface area (Å²) in [5, 5.41) is 0. The Labute approximate surface area is 131 Å². The summed E-state index contributed by atoms with van der Waals surface area (Å²) in [5.74, 6) is -0.590. The molecule has 0 bridgehead atoms. The molecule has 2 aromatic rings. The van der Waals surface area contributed by atoms with Crippen LogP contribution in [0.5, 0.6) is 0 Å². The van der Waals surface area contributed by atoms with E-state index in [1.54, 1.807) is 0 Å². The summed E-state index contributed by atoms with van der Waals surface area (Å²) >= 11 is 3.01. The Hall–Kier alpha value is -1.24. The predicted octanol–water partition coefficient (Wildman–Crippen LogP) is 3.03. The minimum absolute atomic E-state index is 0.0563. The van der Waals surface area contributed by atoms with E-state index in [9.17, 15) is 12.8 Å². The van der Waals surface area contributed by atoms with Gasteiger partial charge in [0.25, 0.3) is 0 Å². The Kier molecular flexibility index (Phi) is 3.86. The first-order valence-corrected chi connectivity index (χ1v) is 8.77. The lowest BCUT2D eigenvalue weighted by Crippen LogP contribution is -2.35. The van der Waals surface area contributed by atoms with Gasteiger partial charge in [-0.1, -0.05) is 24.3 Å². The van der Waals surface area contributed by atoms with Gasteiger partial charge in [0.1, 0.15) is 5.82 Å². The summed E-state index contributed by atoms with van der Waals surface area (Å²) in [6, 6.07) is 11.5. The topological polar surface area (TPSA) is 46.2 Å². The Bertz CT molecular complexity index is 767. The molecule has 0 atom stereocenters. The first-order chi connectivity index (χ1) is 9.95. The molecule has 2 aromatic carbocycles. The van der Waals surface area contributed by atoms with E-state index in [0.717, 1.165) is 17.2 Å². The SMILES string of the molecule is O=S(=O)(NC1Cc2ccccc2C1)c1ccc(Br)c(F)c1. The van der Waals surface area contributed by atoms with E-state index in [2.05, 4.69) is 20.7 Å². The van der Waals surface area contributed by atoms with Crippen molar-refractivity contribution in [2.24, 2.45) is 0 Å². The highest BCUT2D eigenvalue weighted by Gasteiger charge is 2.26. The number of hydrogen-bond acceptors (Lipinski definition) is 2. The van der Waals surface area contributed by atoms with Crippen LogP contribution in [-0.2, 0) is 22.9 Å².